The van der Waals surface area contributed by atoms with Gasteiger partial charge in [0.1, 0.15) is 0 Å². The predicted octanol–water partition coefficient (Wildman–Crippen LogP) is 4.06. The maximum Gasteiger partial charge on any atom is 0.231 e. The molecule has 0 radical (unpaired) electrons. The second-order valence-electron chi connectivity index (χ2n) is 6.96. The van der Waals surface area contributed by atoms with Gasteiger partial charge in [0.15, 0.2) is 0 Å². The highest BCUT2D eigenvalue weighted by atomic mass is 35.5. The van der Waals surface area contributed by atoms with Gasteiger partial charge in [-0.15, -0.1) is 0 Å². The topological polar surface area (TPSA) is 40.6 Å². The smallest absolute Gasteiger partial charge is 0.231 e. The molecule has 1 fully saturated rings. The fraction of sp³-hybridized carbons (Fsp3) is 0.333. The molecule has 2 aliphatic rings. The van der Waals surface area contributed by atoms with Crippen LogP contribution in [0.2, 0.25) is 5.02 Å². The SMILES string of the molecule is O=C(Cc1cccc(Cl)c1)N1CCCN(C(=O)C2CC2)c2ccccc21. The van der Waals surface area contributed by atoms with Crippen molar-refractivity contribution in [1.82, 2.24) is 0 Å². The van der Waals surface area contributed by atoms with Crippen LogP contribution in [0.15, 0.2) is 48.5 Å². The summed E-state index contributed by atoms with van der Waals surface area (Å²) in [5.41, 5.74) is 2.57. The summed E-state index contributed by atoms with van der Waals surface area (Å²) in [6.07, 6.45) is 3.03. The molecule has 1 heterocycles. The van der Waals surface area contributed by atoms with Gasteiger partial charge in [0, 0.05) is 24.0 Å². The van der Waals surface area contributed by atoms with Crippen LogP contribution in [-0.2, 0) is 16.0 Å². The second-order valence-corrected chi connectivity index (χ2v) is 7.39. The lowest BCUT2D eigenvalue weighted by atomic mass is 10.1. The van der Waals surface area contributed by atoms with E-state index in [1.54, 1.807) is 6.07 Å². The summed E-state index contributed by atoms with van der Waals surface area (Å²) in [6.45, 7) is 1.28. The van der Waals surface area contributed by atoms with Crippen molar-refractivity contribution < 1.29 is 9.59 Å². The molecule has 5 heteroatoms. The molecule has 26 heavy (non-hydrogen) atoms. The molecule has 0 atom stereocenters. The molecule has 1 aliphatic carbocycles. The first-order chi connectivity index (χ1) is 12.6. The Morgan fingerprint density at radius 3 is 2.35 bits per heavy atom. The highest BCUT2D eigenvalue weighted by molar-refractivity contribution is 6.30. The van der Waals surface area contributed by atoms with E-state index in [4.69, 9.17) is 11.6 Å². The van der Waals surface area contributed by atoms with Gasteiger partial charge in [0.05, 0.1) is 17.8 Å². The van der Waals surface area contributed by atoms with Gasteiger partial charge in [-0.1, -0.05) is 35.9 Å². The number of amides is 2. The maximum absolute atomic E-state index is 13.0. The van der Waals surface area contributed by atoms with Crippen molar-refractivity contribution in [1.29, 1.82) is 0 Å². The zero-order chi connectivity index (χ0) is 18.1. The number of benzene rings is 2. The Labute approximate surface area is 158 Å². The lowest BCUT2D eigenvalue weighted by molar-refractivity contribution is -0.120. The fourth-order valence-corrected chi connectivity index (χ4v) is 3.72. The molecule has 4 rings (SSSR count). The van der Waals surface area contributed by atoms with Crippen molar-refractivity contribution >= 4 is 34.8 Å². The molecular weight excluding hydrogens is 348 g/mol. The quantitative estimate of drug-likeness (QED) is 0.819. The molecule has 0 spiro atoms. The minimum atomic E-state index is 0.0282. The highest BCUT2D eigenvalue weighted by Gasteiger charge is 2.36. The van der Waals surface area contributed by atoms with E-state index in [9.17, 15) is 9.59 Å². The summed E-state index contributed by atoms with van der Waals surface area (Å²) in [4.78, 5) is 29.4. The van der Waals surface area contributed by atoms with Gasteiger partial charge in [-0.2, -0.15) is 0 Å². The van der Waals surface area contributed by atoms with Crippen LogP contribution in [0, 0.1) is 5.92 Å². The molecule has 4 nitrogen and oxygen atoms in total. The van der Waals surface area contributed by atoms with Gasteiger partial charge < -0.3 is 9.80 Å². The van der Waals surface area contributed by atoms with Gasteiger partial charge in [0.25, 0.3) is 0 Å². The summed E-state index contributed by atoms with van der Waals surface area (Å²) in [7, 11) is 0. The summed E-state index contributed by atoms with van der Waals surface area (Å²) < 4.78 is 0. The molecule has 1 aliphatic heterocycles. The largest absolute Gasteiger partial charge is 0.310 e. The van der Waals surface area contributed by atoms with E-state index >= 15 is 0 Å². The summed E-state index contributed by atoms with van der Waals surface area (Å²) >= 11 is 6.04. The first-order valence-electron chi connectivity index (χ1n) is 9.09. The van der Waals surface area contributed by atoms with Crippen molar-refractivity contribution in [3.8, 4) is 0 Å². The predicted molar refractivity (Wildman–Crippen MR) is 104 cm³/mol. The molecular formula is C21H21ClN2O2. The summed E-state index contributed by atoms with van der Waals surface area (Å²) in [5, 5.41) is 0.632. The van der Waals surface area contributed by atoms with Crippen LogP contribution < -0.4 is 9.80 Å². The van der Waals surface area contributed by atoms with Crippen LogP contribution in [-0.4, -0.2) is 24.9 Å². The first kappa shape index (κ1) is 17.1. The average Bonchev–Trinajstić information content (AvgIpc) is 3.47. The molecule has 2 aromatic rings. The van der Waals surface area contributed by atoms with E-state index in [-0.39, 0.29) is 17.7 Å². The van der Waals surface area contributed by atoms with Crippen molar-refractivity contribution in [3.63, 3.8) is 0 Å². The minimum Gasteiger partial charge on any atom is -0.310 e. The van der Waals surface area contributed by atoms with Gasteiger partial charge in [-0.3, -0.25) is 9.59 Å². The number of halogens is 1. The van der Waals surface area contributed by atoms with Crippen LogP contribution in [0.5, 0.6) is 0 Å². The highest BCUT2D eigenvalue weighted by Crippen LogP contribution is 2.38. The van der Waals surface area contributed by atoms with Crippen molar-refractivity contribution in [2.24, 2.45) is 5.92 Å². The fourth-order valence-electron chi connectivity index (χ4n) is 3.50. The normalized spacial score (nSPS) is 16.8. The lowest BCUT2D eigenvalue weighted by Gasteiger charge is -2.25. The first-order valence-corrected chi connectivity index (χ1v) is 9.46. The number of anilines is 2. The number of rotatable bonds is 3. The molecule has 1 saturated carbocycles. The Balaban J connectivity index is 1.62. The third-order valence-electron chi connectivity index (χ3n) is 4.96. The average molecular weight is 369 g/mol. The second kappa shape index (κ2) is 7.12. The third-order valence-corrected chi connectivity index (χ3v) is 5.20. The monoisotopic (exact) mass is 368 g/mol. The van der Waals surface area contributed by atoms with Gasteiger partial charge in [-0.25, -0.2) is 0 Å². The molecule has 0 saturated heterocycles. The molecule has 0 unspecified atom stereocenters. The zero-order valence-corrected chi connectivity index (χ0v) is 15.3. The Hall–Kier alpha value is -2.33. The zero-order valence-electron chi connectivity index (χ0n) is 14.5. The van der Waals surface area contributed by atoms with E-state index in [1.807, 2.05) is 52.3 Å². The summed E-state index contributed by atoms with van der Waals surface area (Å²) in [6, 6.07) is 15.1. The van der Waals surface area contributed by atoms with Crippen molar-refractivity contribution in [2.45, 2.75) is 25.7 Å². The molecule has 2 aromatic carbocycles. The Morgan fingerprint density at radius 2 is 1.65 bits per heavy atom. The summed E-state index contributed by atoms with van der Waals surface area (Å²) in [5.74, 6) is 0.388. The van der Waals surface area contributed by atoms with Crippen LogP contribution in [0.1, 0.15) is 24.8 Å². The van der Waals surface area contributed by atoms with E-state index in [0.717, 1.165) is 36.2 Å². The van der Waals surface area contributed by atoms with E-state index < -0.39 is 0 Å². The van der Waals surface area contributed by atoms with E-state index in [1.165, 1.54) is 0 Å². The van der Waals surface area contributed by atoms with E-state index in [0.29, 0.717) is 24.5 Å². The molecule has 2 amide bonds. The number of hydrogen-bond acceptors (Lipinski definition) is 2. The van der Waals surface area contributed by atoms with Gasteiger partial charge in [0.2, 0.25) is 11.8 Å². The molecule has 0 bridgehead atoms. The Bertz CT molecular complexity index is 847. The number of carbonyl (C=O) groups is 2. The van der Waals surface area contributed by atoms with Gasteiger partial charge >= 0.3 is 0 Å². The minimum absolute atomic E-state index is 0.0282. The van der Waals surface area contributed by atoms with Crippen LogP contribution in [0.4, 0.5) is 11.4 Å². The Kier molecular flexibility index (Phi) is 4.68. The van der Waals surface area contributed by atoms with Crippen LogP contribution in [0.3, 0.4) is 0 Å². The lowest BCUT2D eigenvalue weighted by Crippen LogP contribution is -2.33. The molecule has 134 valence electrons. The number of hydrogen-bond donors (Lipinski definition) is 0. The van der Waals surface area contributed by atoms with Crippen molar-refractivity contribution in [3.05, 3.63) is 59.1 Å². The van der Waals surface area contributed by atoms with Gasteiger partial charge in [-0.05, 0) is 49.1 Å². The number of carbonyl (C=O) groups excluding carboxylic acids is 2. The third kappa shape index (κ3) is 3.47. The maximum atomic E-state index is 13.0. The van der Waals surface area contributed by atoms with Crippen molar-refractivity contribution in [2.75, 3.05) is 22.9 Å². The number of nitrogens with zero attached hydrogens (tertiary/aromatic N) is 2. The molecule has 0 aromatic heterocycles. The van der Waals surface area contributed by atoms with E-state index in [2.05, 4.69) is 0 Å². The Morgan fingerprint density at radius 1 is 0.962 bits per heavy atom. The standard InChI is InChI=1S/C21H21ClN2O2/c22-17-6-3-5-15(13-17)14-20(25)23-11-4-12-24(21(26)16-9-10-16)19-8-2-1-7-18(19)23/h1-3,5-8,13,16H,4,9-12,14H2. The molecule has 0 N–H and O–H groups in total. The number of para-hydroxylation sites is 2. The van der Waals surface area contributed by atoms with Crippen LogP contribution >= 0.6 is 11.6 Å². The number of fused-ring (bicyclic) bond motifs is 1. The van der Waals surface area contributed by atoms with Crippen LogP contribution in [0.25, 0.3) is 0 Å².